The van der Waals surface area contributed by atoms with Gasteiger partial charge >= 0.3 is 0 Å². The van der Waals surface area contributed by atoms with Gasteiger partial charge in [-0.2, -0.15) is 0 Å². The van der Waals surface area contributed by atoms with Gasteiger partial charge in [0.2, 0.25) is 5.91 Å². The fraction of sp³-hybridized carbons (Fsp3) is 0.417. The molecule has 0 saturated heterocycles. The van der Waals surface area contributed by atoms with E-state index in [1.165, 1.54) is 0 Å². The summed E-state index contributed by atoms with van der Waals surface area (Å²) < 4.78 is 0. The van der Waals surface area contributed by atoms with E-state index in [1.807, 2.05) is 24.3 Å². The van der Waals surface area contributed by atoms with Crippen LogP contribution in [0.15, 0.2) is 24.3 Å². The van der Waals surface area contributed by atoms with Crippen molar-refractivity contribution in [3.05, 3.63) is 35.4 Å². The highest BCUT2D eigenvalue weighted by molar-refractivity contribution is 5.78. The number of nitrogens with one attached hydrogen (secondary N) is 1. The third-order valence-electron chi connectivity index (χ3n) is 2.28. The summed E-state index contributed by atoms with van der Waals surface area (Å²) in [6.45, 7) is 2.34. The second kappa shape index (κ2) is 6.25. The summed E-state index contributed by atoms with van der Waals surface area (Å²) in [5.74, 6) is -0.0956. The number of aliphatic hydroxyl groups is 1. The Labute approximate surface area is 95.5 Å². The highest BCUT2D eigenvalue weighted by Gasteiger charge is 2.07. The SMILES string of the molecule is CC(O)CNC(=O)Cc1ccccc1CN. The first-order chi connectivity index (χ1) is 7.63. The van der Waals surface area contributed by atoms with Gasteiger partial charge < -0.3 is 16.2 Å². The first-order valence-corrected chi connectivity index (χ1v) is 5.35. The number of nitrogens with two attached hydrogens (primary N) is 1. The van der Waals surface area contributed by atoms with Gasteiger partial charge in [0, 0.05) is 13.1 Å². The van der Waals surface area contributed by atoms with E-state index >= 15 is 0 Å². The fourth-order valence-corrected chi connectivity index (χ4v) is 1.43. The van der Waals surface area contributed by atoms with E-state index < -0.39 is 6.10 Å². The van der Waals surface area contributed by atoms with Crippen LogP contribution in [0, 0.1) is 0 Å². The summed E-state index contributed by atoms with van der Waals surface area (Å²) in [6, 6.07) is 7.59. The summed E-state index contributed by atoms with van der Waals surface area (Å²) in [4.78, 5) is 11.5. The molecule has 4 N–H and O–H groups in total. The van der Waals surface area contributed by atoms with Crippen LogP contribution in [0.1, 0.15) is 18.1 Å². The van der Waals surface area contributed by atoms with Crippen molar-refractivity contribution in [2.45, 2.75) is 26.0 Å². The molecule has 0 aliphatic heterocycles. The lowest BCUT2D eigenvalue weighted by molar-refractivity contribution is -0.120. The van der Waals surface area contributed by atoms with E-state index in [0.29, 0.717) is 13.0 Å². The van der Waals surface area contributed by atoms with E-state index in [4.69, 9.17) is 10.8 Å². The zero-order valence-electron chi connectivity index (χ0n) is 9.44. The van der Waals surface area contributed by atoms with Gasteiger partial charge in [-0.15, -0.1) is 0 Å². The van der Waals surface area contributed by atoms with E-state index in [2.05, 4.69) is 5.32 Å². The Morgan fingerprint density at radius 1 is 1.44 bits per heavy atom. The summed E-state index contributed by atoms with van der Waals surface area (Å²) in [5, 5.41) is 11.7. The van der Waals surface area contributed by atoms with E-state index in [9.17, 15) is 4.79 Å². The molecule has 0 bridgehead atoms. The molecule has 0 radical (unpaired) electrons. The van der Waals surface area contributed by atoms with E-state index in [1.54, 1.807) is 6.92 Å². The van der Waals surface area contributed by atoms with Crippen molar-refractivity contribution in [1.29, 1.82) is 0 Å². The molecule has 0 saturated carbocycles. The van der Waals surface area contributed by atoms with Crippen LogP contribution in [-0.4, -0.2) is 23.7 Å². The van der Waals surface area contributed by atoms with Gasteiger partial charge in [-0.3, -0.25) is 4.79 Å². The van der Waals surface area contributed by atoms with Crippen molar-refractivity contribution in [1.82, 2.24) is 5.32 Å². The molecular weight excluding hydrogens is 204 g/mol. The molecular formula is C12H18N2O2. The second-order valence-electron chi connectivity index (χ2n) is 3.80. The maximum absolute atomic E-state index is 11.5. The van der Waals surface area contributed by atoms with Gasteiger partial charge in [-0.05, 0) is 18.1 Å². The number of rotatable bonds is 5. The molecule has 0 aliphatic rings. The monoisotopic (exact) mass is 222 g/mol. The van der Waals surface area contributed by atoms with Crippen LogP contribution in [0.5, 0.6) is 0 Å². The van der Waals surface area contributed by atoms with Crippen molar-refractivity contribution < 1.29 is 9.90 Å². The number of carbonyl (C=O) groups is 1. The van der Waals surface area contributed by atoms with Gasteiger partial charge in [0.1, 0.15) is 0 Å². The lowest BCUT2D eigenvalue weighted by Crippen LogP contribution is -2.31. The predicted octanol–water partition coefficient (Wildman–Crippen LogP) is 0.185. The zero-order chi connectivity index (χ0) is 12.0. The molecule has 1 unspecified atom stereocenters. The van der Waals surface area contributed by atoms with Gasteiger partial charge in [-0.1, -0.05) is 24.3 Å². The van der Waals surface area contributed by atoms with Crippen LogP contribution in [0.2, 0.25) is 0 Å². The number of benzene rings is 1. The van der Waals surface area contributed by atoms with E-state index in [-0.39, 0.29) is 12.5 Å². The van der Waals surface area contributed by atoms with Gasteiger partial charge in [0.25, 0.3) is 0 Å². The van der Waals surface area contributed by atoms with Crippen molar-refractivity contribution in [2.75, 3.05) is 6.54 Å². The first kappa shape index (κ1) is 12.7. The molecule has 4 nitrogen and oxygen atoms in total. The number of hydrogen-bond donors (Lipinski definition) is 3. The smallest absolute Gasteiger partial charge is 0.224 e. The number of aliphatic hydroxyl groups excluding tert-OH is 1. The molecule has 1 atom stereocenters. The average Bonchev–Trinajstić information content (AvgIpc) is 2.27. The Morgan fingerprint density at radius 3 is 2.62 bits per heavy atom. The molecule has 16 heavy (non-hydrogen) atoms. The Hall–Kier alpha value is -1.39. The predicted molar refractivity (Wildman–Crippen MR) is 62.7 cm³/mol. The molecule has 0 aromatic heterocycles. The van der Waals surface area contributed by atoms with Crippen LogP contribution in [0.25, 0.3) is 0 Å². The third-order valence-corrected chi connectivity index (χ3v) is 2.28. The molecule has 1 aromatic carbocycles. The molecule has 1 aromatic rings. The Kier molecular flexibility index (Phi) is 4.95. The van der Waals surface area contributed by atoms with Crippen LogP contribution in [0.4, 0.5) is 0 Å². The number of hydrogen-bond acceptors (Lipinski definition) is 3. The summed E-state index contributed by atoms with van der Waals surface area (Å²) in [6.07, 6.45) is -0.214. The average molecular weight is 222 g/mol. The van der Waals surface area contributed by atoms with Gasteiger partial charge in [0.05, 0.1) is 12.5 Å². The lowest BCUT2D eigenvalue weighted by Gasteiger charge is -2.09. The maximum atomic E-state index is 11.5. The van der Waals surface area contributed by atoms with E-state index in [0.717, 1.165) is 11.1 Å². The van der Waals surface area contributed by atoms with Crippen LogP contribution >= 0.6 is 0 Å². The molecule has 1 amide bonds. The van der Waals surface area contributed by atoms with Crippen molar-refractivity contribution >= 4 is 5.91 Å². The summed E-state index contributed by atoms with van der Waals surface area (Å²) in [5.41, 5.74) is 7.50. The van der Waals surface area contributed by atoms with Crippen LogP contribution < -0.4 is 11.1 Å². The molecule has 88 valence electrons. The Bertz CT molecular complexity index is 351. The molecule has 0 heterocycles. The molecule has 0 spiro atoms. The van der Waals surface area contributed by atoms with Crippen molar-refractivity contribution in [3.8, 4) is 0 Å². The summed E-state index contributed by atoms with van der Waals surface area (Å²) in [7, 11) is 0. The number of amides is 1. The summed E-state index contributed by atoms with van der Waals surface area (Å²) >= 11 is 0. The van der Waals surface area contributed by atoms with Crippen molar-refractivity contribution in [2.24, 2.45) is 5.73 Å². The van der Waals surface area contributed by atoms with Gasteiger partial charge in [-0.25, -0.2) is 0 Å². The normalized spacial score (nSPS) is 12.2. The zero-order valence-corrected chi connectivity index (χ0v) is 9.44. The topological polar surface area (TPSA) is 75.3 Å². The molecule has 4 heteroatoms. The maximum Gasteiger partial charge on any atom is 0.224 e. The highest BCUT2D eigenvalue weighted by atomic mass is 16.3. The Balaban J connectivity index is 2.55. The third kappa shape index (κ3) is 4.00. The van der Waals surface area contributed by atoms with Crippen LogP contribution in [0.3, 0.4) is 0 Å². The van der Waals surface area contributed by atoms with Crippen LogP contribution in [-0.2, 0) is 17.8 Å². The first-order valence-electron chi connectivity index (χ1n) is 5.35. The minimum absolute atomic E-state index is 0.0956. The quantitative estimate of drug-likeness (QED) is 0.665. The van der Waals surface area contributed by atoms with Gasteiger partial charge in [0.15, 0.2) is 0 Å². The lowest BCUT2D eigenvalue weighted by atomic mass is 10.0. The molecule has 0 aliphatic carbocycles. The standard InChI is InChI=1S/C12H18N2O2/c1-9(15)8-14-12(16)6-10-4-2-3-5-11(10)7-13/h2-5,9,15H,6-8,13H2,1H3,(H,14,16). The number of carbonyl (C=O) groups excluding carboxylic acids is 1. The highest BCUT2D eigenvalue weighted by Crippen LogP contribution is 2.08. The minimum Gasteiger partial charge on any atom is -0.392 e. The second-order valence-corrected chi connectivity index (χ2v) is 3.80. The molecule has 1 rings (SSSR count). The molecule has 0 fully saturated rings. The fourth-order valence-electron chi connectivity index (χ4n) is 1.43. The van der Waals surface area contributed by atoms with Crippen molar-refractivity contribution in [3.63, 3.8) is 0 Å². The largest absolute Gasteiger partial charge is 0.392 e. The minimum atomic E-state index is -0.520. The Morgan fingerprint density at radius 2 is 2.06 bits per heavy atom.